The summed E-state index contributed by atoms with van der Waals surface area (Å²) >= 11 is 0. The molecule has 0 saturated heterocycles. The van der Waals surface area contributed by atoms with Crippen molar-refractivity contribution in [2.75, 3.05) is 0 Å². The van der Waals surface area contributed by atoms with E-state index >= 15 is 0 Å². The number of nitrogens with two attached hydrogens (primary N) is 1. The van der Waals surface area contributed by atoms with Crippen LogP contribution >= 0.6 is 0 Å². The summed E-state index contributed by atoms with van der Waals surface area (Å²) in [6.45, 7) is 1.70. The number of rotatable bonds is 9. The number of hydrogen-bond donors (Lipinski definition) is 1. The number of aryl methyl sites for hydroxylation is 1. The zero-order valence-corrected chi connectivity index (χ0v) is 21.6. The van der Waals surface area contributed by atoms with E-state index in [-0.39, 0.29) is 22.7 Å². The number of nitrogens with zero attached hydrogens (tertiary/aromatic N) is 2. The van der Waals surface area contributed by atoms with Crippen molar-refractivity contribution in [2.45, 2.75) is 93.7 Å². The summed E-state index contributed by atoms with van der Waals surface area (Å²) in [5, 5.41) is -0.443. The van der Waals surface area contributed by atoms with Crippen molar-refractivity contribution in [3.05, 3.63) is 57.8 Å². The van der Waals surface area contributed by atoms with Gasteiger partial charge in [-0.15, -0.1) is 0 Å². The van der Waals surface area contributed by atoms with Crippen LogP contribution in [0.15, 0.2) is 40.2 Å². The molecule has 9 heteroatoms. The Hall–Kier alpha value is -2.81. The van der Waals surface area contributed by atoms with Crippen LogP contribution in [-0.4, -0.2) is 34.9 Å². The number of pyridine rings is 2. The highest BCUT2D eigenvalue weighted by Gasteiger charge is 2.33. The molecule has 2 aromatic heterocycles. The van der Waals surface area contributed by atoms with Gasteiger partial charge in [0, 0.05) is 23.7 Å². The monoisotopic (exact) mass is 513 g/mol. The van der Waals surface area contributed by atoms with Crippen molar-refractivity contribution < 1.29 is 18.0 Å². The molecule has 2 aliphatic rings. The molecule has 1 amide bonds. The van der Waals surface area contributed by atoms with Crippen LogP contribution in [0.5, 0.6) is 0 Å². The predicted molar refractivity (Wildman–Crippen MR) is 137 cm³/mol. The van der Waals surface area contributed by atoms with E-state index in [1.165, 1.54) is 29.3 Å². The fraction of sp³-hybridized carbons (Fsp3) is 0.556. The van der Waals surface area contributed by atoms with Crippen LogP contribution in [0.25, 0.3) is 0 Å². The van der Waals surface area contributed by atoms with Crippen LogP contribution in [0, 0.1) is 12.8 Å². The van der Waals surface area contributed by atoms with Gasteiger partial charge >= 0.3 is 0 Å². The topological polar surface area (TPSA) is 129 Å². The average molecular weight is 514 g/mol. The van der Waals surface area contributed by atoms with Gasteiger partial charge in [0.15, 0.2) is 15.6 Å². The second-order valence-corrected chi connectivity index (χ2v) is 12.5. The average Bonchev–Trinajstić information content (AvgIpc) is 3.40. The zero-order valence-electron chi connectivity index (χ0n) is 20.8. The molecule has 2 fully saturated rings. The van der Waals surface area contributed by atoms with E-state index in [1.807, 2.05) is 0 Å². The Bertz CT molecular complexity index is 1270. The van der Waals surface area contributed by atoms with Gasteiger partial charge in [0.25, 0.3) is 5.56 Å². The molecule has 2 saturated carbocycles. The van der Waals surface area contributed by atoms with Gasteiger partial charge in [0.1, 0.15) is 0 Å². The molecule has 1 unspecified atom stereocenters. The Labute approximate surface area is 212 Å². The summed E-state index contributed by atoms with van der Waals surface area (Å²) in [5.74, 6) is -0.423. The number of Topliss-reactive ketones (excluding diaryl/α,β-unsaturated/α-hetero) is 1. The van der Waals surface area contributed by atoms with E-state index in [1.54, 1.807) is 19.1 Å². The second kappa shape index (κ2) is 11.1. The Kier molecular flexibility index (Phi) is 8.07. The molecule has 2 N–H and O–H groups in total. The molecule has 2 heterocycles. The zero-order chi connectivity index (χ0) is 25.9. The van der Waals surface area contributed by atoms with Gasteiger partial charge < -0.3 is 10.3 Å². The lowest BCUT2D eigenvalue weighted by Gasteiger charge is -2.28. The second-order valence-electron chi connectivity index (χ2n) is 10.3. The molecule has 2 aliphatic carbocycles. The number of carbonyl (C=O) groups excluding carboxylic acids is 2. The van der Waals surface area contributed by atoms with Gasteiger partial charge in [-0.3, -0.25) is 19.4 Å². The number of primary amides is 1. The number of aromatic nitrogens is 2. The first-order valence-corrected chi connectivity index (χ1v) is 14.5. The Morgan fingerprint density at radius 3 is 2.31 bits per heavy atom. The Morgan fingerprint density at radius 2 is 1.72 bits per heavy atom. The minimum absolute atomic E-state index is 0.00440. The summed E-state index contributed by atoms with van der Waals surface area (Å²) in [4.78, 5) is 42.6. The highest BCUT2D eigenvalue weighted by Crippen LogP contribution is 2.33. The first-order chi connectivity index (χ1) is 17.2. The maximum atomic E-state index is 13.6. The Balaban J connectivity index is 1.66. The summed E-state index contributed by atoms with van der Waals surface area (Å²) in [6, 6.07) is 5.18. The fourth-order valence-electron chi connectivity index (χ4n) is 5.73. The minimum atomic E-state index is -3.58. The van der Waals surface area contributed by atoms with Crippen LogP contribution in [0.4, 0.5) is 0 Å². The third kappa shape index (κ3) is 5.77. The van der Waals surface area contributed by atoms with Gasteiger partial charge in [0.05, 0.1) is 28.2 Å². The van der Waals surface area contributed by atoms with Crippen molar-refractivity contribution in [3.8, 4) is 0 Å². The maximum Gasteiger partial charge on any atom is 0.252 e. The van der Waals surface area contributed by atoms with E-state index in [4.69, 9.17) is 5.73 Å². The first kappa shape index (κ1) is 26.3. The lowest BCUT2D eigenvalue weighted by atomic mass is 9.83. The molecule has 0 radical (unpaired) electrons. The van der Waals surface area contributed by atoms with Crippen LogP contribution in [-0.2, 0) is 21.1 Å². The lowest BCUT2D eigenvalue weighted by Crippen LogP contribution is -2.35. The summed E-state index contributed by atoms with van der Waals surface area (Å²) in [7, 11) is -3.58. The van der Waals surface area contributed by atoms with Crippen molar-refractivity contribution in [1.29, 1.82) is 0 Å². The number of hydrogen-bond acceptors (Lipinski definition) is 6. The third-order valence-electron chi connectivity index (χ3n) is 7.73. The van der Waals surface area contributed by atoms with Gasteiger partial charge in [-0.25, -0.2) is 8.42 Å². The molecule has 0 bridgehead atoms. The van der Waals surface area contributed by atoms with Crippen molar-refractivity contribution >= 4 is 21.5 Å². The molecule has 36 heavy (non-hydrogen) atoms. The number of amides is 1. The molecule has 194 valence electrons. The number of ketones is 1. The Morgan fingerprint density at radius 1 is 1.06 bits per heavy atom. The SMILES string of the molecule is Cc1cc(S(=O)(=O)C2CCCC2)cc(=O)n1C(CC1CCCCC1)C(=O)Cc1ccc(C(N)=O)cn1. The van der Waals surface area contributed by atoms with E-state index in [2.05, 4.69) is 4.98 Å². The van der Waals surface area contributed by atoms with Crippen molar-refractivity contribution in [2.24, 2.45) is 11.7 Å². The normalized spacial score (nSPS) is 18.2. The quantitative estimate of drug-likeness (QED) is 0.544. The van der Waals surface area contributed by atoms with Crippen LogP contribution in [0.1, 0.15) is 92.0 Å². The van der Waals surface area contributed by atoms with Gasteiger partial charge in [-0.2, -0.15) is 0 Å². The maximum absolute atomic E-state index is 13.6. The molecule has 8 nitrogen and oxygen atoms in total. The molecule has 0 aromatic carbocycles. The smallest absolute Gasteiger partial charge is 0.252 e. The fourth-order valence-corrected chi connectivity index (χ4v) is 7.67. The molecule has 0 spiro atoms. The summed E-state index contributed by atoms with van der Waals surface area (Å²) in [6.07, 6.45) is 10.3. The minimum Gasteiger partial charge on any atom is -0.366 e. The van der Waals surface area contributed by atoms with Crippen LogP contribution in [0.3, 0.4) is 0 Å². The summed E-state index contributed by atoms with van der Waals surface area (Å²) in [5.41, 5.74) is 6.05. The van der Waals surface area contributed by atoms with Gasteiger partial charge in [-0.1, -0.05) is 44.9 Å². The van der Waals surface area contributed by atoms with E-state index < -0.39 is 32.6 Å². The standard InChI is InChI=1S/C27H35N3O5S/c1-18-13-23(36(34,35)22-9-5-6-10-22)16-26(32)30(18)24(14-19-7-3-2-4-8-19)25(31)15-21-12-11-20(17-29-21)27(28)33/h11-13,16-17,19,22,24H,2-10,14-15H2,1H3,(H2,28,33). The molecular formula is C27H35N3O5S. The van der Waals surface area contributed by atoms with E-state index in [0.29, 0.717) is 36.6 Å². The molecular weight excluding hydrogens is 478 g/mol. The van der Waals surface area contributed by atoms with E-state index in [9.17, 15) is 22.8 Å². The molecule has 1 atom stereocenters. The van der Waals surface area contributed by atoms with Crippen LogP contribution < -0.4 is 11.3 Å². The number of carbonyl (C=O) groups is 2. The summed E-state index contributed by atoms with van der Waals surface area (Å²) < 4.78 is 27.7. The highest BCUT2D eigenvalue weighted by molar-refractivity contribution is 7.92. The van der Waals surface area contributed by atoms with Crippen molar-refractivity contribution in [1.82, 2.24) is 9.55 Å². The lowest BCUT2D eigenvalue weighted by molar-refractivity contribution is -0.122. The third-order valence-corrected chi connectivity index (χ3v) is 9.97. The van der Waals surface area contributed by atoms with Crippen molar-refractivity contribution in [3.63, 3.8) is 0 Å². The first-order valence-electron chi connectivity index (χ1n) is 12.9. The van der Waals surface area contributed by atoms with E-state index in [0.717, 1.165) is 38.5 Å². The molecule has 0 aliphatic heterocycles. The highest BCUT2D eigenvalue weighted by atomic mass is 32.2. The molecule has 4 rings (SSSR count). The predicted octanol–water partition coefficient (Wildman–Crippen LogP) is 3.69. The largest absolute Gasteiger partial charge is 0.366 e. The number of sulfone groups is 1. The van der Waals surface area contributed by atoms with Gasteiger partial charge in [0.2, 0.25) is 5.91 Å². The molecule has 2 aromatic rings. The van der Waals surface area contributed by atoms with Crippen LogP contribution in [0.2, 0.25) is 0 Å². The van der Waals surface area contributed by atoms with Gasteiger partial charge in [-0.05, 0) is 50.3 Å².